The Hall–Kier alpha value is -2.61. The highest BCUT2D eigenvalue weighted by atomic mass is 15.3. The van der Waals surface area contributed by atoms with Crippen molar-refractivity contribution in [1.82, 2.24) is 0 Å². The second-order valence-electron chi connectivity index (χ2n) is 7.10. The molecule has 0 spiro atoms. The van der Waals surface area contributed by atoms with E-state index in [0.717, 1.165) is 34.5 Å². The molecule has 1 N–H and O–H groups in total. The highest BCUT2D eigenvalue weighted by molar-refractivity contribution is 6.14. The quantitative estimate of drug-likeness (QED) is 0.415. The van der Waals surface area contributed by atoms with E-state index in [-0.39, 0.29) is 0 Å². The Balaban J connectivity index is 2.01. The minimum Gasteiger partial charge on any atom is -0.448 e. The average molecular weight is 345 g/mol. The molecule has 0 unspecified atom stereocenters. The van der Waals surface area contributed by atoms with E-state index in [1.54, 1.807) is 4.68 Å². The van der Waals surface area contributed by atoms with E-state index < -0.39 is 0 Å². The number of nitrogens with zero attached hydrogens (tertiary/aromatic N) is 1. The van der Waals surface area contributed by atoms with Gasteiger partial charge in [-0.15, -0.1) is 0 Å². The van der Waals surface area contributed by atoms with Crippen LogP contribution in [0.5, 0.6) is 0 Å². The van der Waals surface area contributed by atoms with Gasteiger partial charge in [0.05, 0.1) is 0 Å². The van der Waals surface area contributed by atoms with Gasteiger partial charge < -0.3 is 5.84 Å². The third-order valence-electron chi connectivity index (χ3n) is 4.87. The second kappa shape index (κ2) is 8.18. The van der Waals surface area contributed by atoms with Crippen LogP contribution in [0.4, 0.5) is 0 Å². The third-order valence-corrected chi connectivity index (χ3v) is 4.87. The first-order valence-electron chi connectivity index (χ1n) is 9.54. The summed E-state index contributed by atoms with van der Waals surface area (Å²) in [5, 5.41) is 0. The lowest BCUT2D eigenvalue weighted by atomic mass is 10.0. The zero-order valence-corrected chi connectivity index (χ0v) is 16.0. The van der Waals surface area contributed by atoms with Gasteiger partial charge in [0.25, 0.3) is 0 Å². The van der Waals surface area contributed by atoms with Gasteiger partial charge in [-0.05, 0) is 51.0 Å². The lowest BCUT2D eigenvalue weighted by Crippen LogP contribution is -2.11. The van der Waals surface area contributed by atoms with Gasteiger partial charge in [-0.25, -0.2) is 4.68 Å². The summed E-state index contributed by atoms with van der Waals surface area (Å²) < 4.78 is 1.60. The summed E-state index contributed by atoms with van der Waals surface area (Å²) in [7, 11) is 0. The fourth-order valence-electron chi connectivity index (χ4n) is 3.28. The van der Waals surface area contributed by atoms with Crippen LogP contribution in [0, 0.1) is 13.8 Å². The molecule has 2 aromatic carbocycles. The topological polar surface area (TPSA) is 26.8 Å². The van der Waals surface area contributed by atoms with E-state index in [4.69, 9.17) is 5.84 Å². The fraction of sp³-hybridized carbons (Fsp3) is 0.292. The van der Waals surface area contributed by atoms with Crippen LogP contribution in [0.2, 0.25) is 0 Å². The predicted molar refractivity (Wildman–Crippen MR) is 111 cm³/mol. The van der Waals surface area contributed by atoms with E-state index in [0.29, 0.717) is 0 Å². The molecule has 2 heteroatoms. The number of aryl methyl sites for hydroxylation is 2. The summed E-state index contributed by atoms with van der Waals surface area (Å²) in [5.74, 6) is 8.76. The van der Waals surface area contributed by atoms with Crippen LogP contribution in [-0.2, 0) is 0 Å². The molecule has 0 atom stereocenters. The molecular formula is C24H28N2. The van der Waals surface area contributed by atoms with Crippen molar-refractivity contribution in [2.24, 2.45) is 0 Å². The van der Waals surface area contributed by atoms with E-state index in [1.807, 2.05) is 0 Å². The predicted octanol–water partition coefficient (Wildman–Crippen LogP) is 6.63. The van der Waals surface area contributed by atoms with Gasteiger partial charge in [0, 0.05) is 22.8 Å². The van der Waals surface area contributed by atoms with Crippen LogP contribution >= 0.6 is 0 Å². The molecule has 0 aliphatic carbocycles. The van der Waals surface area contributed by atoms with E-state index in [9.17, 15) is 0 Å². The van der Waals surface area contributed by atoms with Gasteiger partial charge in [-0.1, -0.05) is 61.2 Å². The number of unbranched alkanes of at least 4 members (excludes halogenated alkanes) is 3. The van der Waals surface area contributed by atoms with Crippen molar-refractivity contribution in [3.8, 4) is 0 Å². The number of nitrogens with one attached hydrogen (secondary N) is 1. The maximum atomic E-state index is 8.76. The molecule has 1 aliphatic rings. The number of hydrogen-bond acceptors (Lipinski definition) is 0. The summed E-state index contributed by atoms with van der Waals surface area (Å²) in [6.07, 6.45) is 9.21. The largest absolute Gasteiger partial charge is 0.448 e. The van der Waals surface area contributed by atoms with Crippen molar-refractivity contribution in [1.29, 1.82) is 0 Å². The normalized spacial score (nSPS) is 15.7. The lowest BCUT2D eigenvalue weighted by Gasteiger charge is -2.08. The average Bonchev–Trinajstić information content (AvgIpc) is 2.97. The molecule has 0 saturated carbocycles. The minimum atomic E-state index is 0.947. The molecule has 2 aromatic rings. The van der Waals surface area contributed by atoms with Crippen LogP contribution in [0.3, 0.4) is 0 Å². The minimum absolute atomic E-state index is 0.947. The van der Waals surface area contributed by atoms with Crippen molar-refractivity contribution in [3.63, 3.8) is 0 Å². The smallest absolute Gasteiger partial charge is 0.215 e. The van der Waals surface area contributed by atoms with E-state index >= 15 is 0 Å². The molecule has 0 saturated heterocycles. The molecule has 26 heavy (non-hydrogen) atoms. The highest BCUT2D eigenvalue weighted by Crippen LogP contribution is 2.29. The third kappa shape index (κ3) is 3.96. The number of benzene rings is 2. The zero-order chi connectivity index (χ0) is 18.5. The Kier molecular flexibility index (Phi) is 5.72. The Bertz CT molecular complexity index is 850. The number of hydrogen-bond donors (Lipinski definition) is 0. The van der Waals surface area contributed by atoms with Crippen LogP contribution < -0.4 is 0 Å². The van der Waals surface area contributed by atoms with Gasteiger partial charge >= 0.3 is 0 Å². The van der Waals surface area contributed by atoms with E-state index in [1.165, 1.54) is 30.4 Å². The molecule has 0 radical (unpaired) electrons. The SMILES string of the molecule is CCCCCC=C1C=C(c2ccc(C)cc2)[N+]([NH-])=C1c1ccc(C)cc1. The molecule has 0 aromatic heterocycles. The van der Waals surface area contributed by atoms with Crippen molar-refractivity contribution >= 4 is 11.4 Å². The number of rotatable bonds is 6. The molecular weight excluding hydrogens is 316 g/mol. The Labute approximate surface area is 157 Å². The van der Waals surface area contributed by atoms with Crippen molar-refractivity contribution in [2.45, 2.75) is 46.5 Å². The molecule has 134 valence electrons. The molecule has 0 bridgehead atoms. The standard InChI is InChI=1S/C24H28N2/c1-4-5-6-7-8-22-17-23(20-13-9-18(2)10-14-20)26(25)24(22)21-15-11-19(3)12-16-21/h8-17,25H,4-7H2,1-3H3. The summed E-state index contributed by atoms with van der Waals surface area (Å²) >= 11 is 0. The maximum absolute atomic E-state index is 8.76. The monoisotopic (exact) mass is 344 g/mol. The van der Waals surface area contributed by atoms with Gasteiger partial charge in [-0.2, -0.15) is 0 Å². The molecule has 1 aliphatic heterocycles. The Morgan fingerprint density at radius 1 is 0.846 bits per heavy atom. The second-order valence-corrected chi connectivity index (χ2v) is 7.10. The van der Waals surface area contributed by atoms with Crippen LogP contribution in [0.1, 0.15) is 54.9 Å². The van der Waals surface area contributed by atoms with Crippen molar-refractivity contribution < 1.29 is 4.68 Å². The van der Waals surface area contributed by atoms with E-state index in [2.05, 4.69) is 81.5 Å². The first kappa shape index (κ1) is 18.2. The van der Waals surface area contributed by atoms with Crippen molar-refractivity contribution in [2.75, 3.05) is 0 Å². The highest BCUT2D eigenvalue weighted by Gasteiger charge is 2.27. The van der Waals surface area contributed by atoms with Crippen LogP contribution in [0.25, 0.3) is 11.5 Å². The van der Waals surface area contributed by atoms with Crippen LogP contribution in [0.15, 0.2) is 66.3 Å². The first-order valence-corrected chi connectivity index (χ1v) is 9.54. The molecule has 1 heterocycles. The first-order chi connectivity index (χ1) is 12.6. The fourth-order valence-corrected chi connectivity index (χ4v) is 3.28. The zero-order valence-electron chi connectivity index (χ0n) is 16.0. The van der Waals surface area contributed by atoms with Gasteiger partial charge in [-0.3, -0.25) is 0 Å². The molecule has 0 fully saturated rings. The Morgan fingerprint density at radius 3 is 2.00 bits per heavy atom. The van der Waals surface area contributed by atoms with Gasteiger partial charge in [0.15, 0.2) is 0 Å². The lowest BCUT2D eigenvalue weighted by molar-refractivity contribution is -0.347. The number of allylic oxidation sites excluding steroid dienone is 3. The summed E-state index contributed by atoms with van der Waals surface area (Å²) in [6, 6.07) is 16.9. The van der Waals surface area contributed by atoms with Gasteiger partial charge in [0.1, 0.15) is 0 Å². The molecule has 3 rings (SSSR count). The van der Waals surface area contributed by atoms with Crippen molar-refractivity contribution in [3.05, 3.63) is 94.4 Å². The Morgan fingerprint density at radius 2 is 1.42 bits per heavy atom. The van der Waals surface area contributed by atoms with Gasteiger partial charge in [0.2, 0.25) is 11.4 Å². The molecule has 0 amide bonds. The van der Waals surface area contributed by atoms with Crippen LogP contribution in [-0.4, -0.2) is 10.4 Å². The molecule has 2 nitrogen and oxygen atoms in total. The summed E-state index contributed by atoms with van der Waals surface area (Å²) in [4.78, 5) is 0. The summed E-state index contributed by atoms with van der Waals surface area (Å²) in [5.41, 5.74) is 7.76. The summed E-state index contributed by atoms with van der Waals surface area (Å²) in [6.45, 7) is 6.42. The maximum Gasteiger partial charge on any atom is 0.215 e.